The largest absolute Gasteiger partial charge is 0.330 e. The number of hydrogen-bond acceptors (Lipinski definition) is 3. The zero-order valence-electron chi connectivity index (χ0n) is 16.7. The van der Waals surface area contributed by atoms with Crippen LogP contribution in [0.2, 0.25) is 0 Å². The summed E-state index contributed by atoms with van der Waals surface area (Å²) in [7, 11) is 1.82. The molecule has 1 N–H and O–H groups in total. The molecule has 148 valence electrons. The van der Waals surface area contributed by atoms with Gasteiger partial charge in [0.15, 0.2) is 0 Å². The van der Waals surface area contributed by atoms with Gasteiger partial charge >= 0.3 is 0 Å². The number of nitrogens with one attached hydrogen (secondary N) is 1. The van der Waals surface area contributed by atoms with E-state index in [1.54, 1.807) is 16.2 Å². The highest BCUT2D eigenvalue weighted by Gasteiger charge is 2.38. The van der Waals surface area contributed by atoms with Crippen molar-refractivity contribution in [3.8, 4) is 0 Å². The Labute approximate surface area is 178 Å². The van der Waals surface area contributed by atoms with Crippen LogP contribution in [0.5, 0.6) is 0 Å². The van der Waals surface area contributed by atoms with E-state index >= 15 is 0 Å². The van der Waals surface area contributed by atoms with Gasteiger partial charge in [0.25, 0.3) is 11.8 Å². The lowest BCUT2D eigenvalue weighted by Gasteiger charge is -2.24. The summed E-state index contributed by atoms with van der Waals surface area (Å²) >= 11 is 1.56. The standard InChI is InChI=1S/C25H20N2O2S/c1-15-8-3-4-9-16(15)23-22-18(25(29)27(23)2)11-7-12-20(22)26-24(28)19-14-30-21-13-6-5-10-17(19)21/h3-14,23H,1-2H3,(H,26,28). The molecule has 1 aliphatic rings. The Hall–Kier alpha value is -3.44. The number of amides is 2. The molecule has 5 heteroatoms. The highest BCUT2D eigenvalue weighted by molar-refractivity contribution is 7.17. The minimum absolute atomic E-state index is 0.0321. The van der Waals surface area contributed by atoms with Crippen LogP contribution in [0.1, 0.15) is 43.4 Å². The smallest absolute Gasteiger partial charge is 0.257 e. The van der Waals surface area contributed by atoms with Crippen molar-refractivity contribution in [1.29, 1.82) is 0 Å². The first-order chi connectivity index (χ1) is 14.6. The minimum Gasteiger partial charge on any atom is -0.330 e. The van der Waals surface area contributed by atoms with Crippen molar-refractivity contribution in [3.05, 3.63) is 99.9 Å². The second-order valence-corrected chi connectivity index (χ2v) is 8.45. The average molecular weight is 413 g/mol. The maximum atomic E-state index is 13.2. The molecule has 3 aromatic carbocycles. The maximum Gasteiger partial charge on any atom is 0.257 e. The van der Waals surface area contributed by atoms with E-state index in [4.69, 9.17) is 0 Å². The molecule has 0 bridgehead atoms. The number of benzene rings is 3. The molecule has 0 saturated carbocycles. The van der Waals surface area contributed by atoms with Crippen molar-refractivity contribution in [2.45, 2.75) is 13.0 Å². The molecule has 0 aliphatic carbocycles. The Morgan fingerprint density at radius 1 is 1.00 bits per heavy atom. The van der Waals surface area contributed by atoms with Crippen molar-refractivity contribution < 1.29 is 9.59 Å². The van der Waals surface area contributed by atoms with Crippen molar-refractivity contribution in [3.63, 3.8) is 0 Å². The van der Waals surface area contributed by atoms with Crippen LogP contribution >= 0.6 is 11.3 Å². The van der Waals surface area contributed by atoms with E-state index in [1.807, 2.05) is 86.1 Å². The second-order valence-electron chi connectivity index (χ2n) is 7.54. The molecule has 1 atom stereocenters. The fourth-order valence-electron chi connectivity index (χ4n) is 4.26. The fourth-order valence-corrected chi connectivity index (χ4v) is 5.20. The number of nitrogens with zero attached hydrogens (tertiary/aromatic N) is 1. The minimum atomic E-state index is -0.232. The van der Waals surface area contributed by atoms with Crippen LogP contribution < -0.4 is 5.32 Å². The normalized spacial score (nSPS) is 15.5. The lowest BCUT2D eigenvalue weighted by molar-refractivity contribution is 0.0793. The summed E-state index contributed by atoms with van der Waals surface area (Å²) in [5, 5.41) is 5.92. The quantitative estimate of drug-likeness (QED) is 0.474. The number of aryl methyl sites for hydroxylation is 1. The fraction of sp³-hybridized carbons (Fsp3) is 0.120. The Balaban J connectivity index is 1.59. The number of hydrogen-bond donors (Lipinski definition) is 1. The molecule has 0 radical (unpaired) electrons. The van der Waals surface area contributed by atoms with Gasteiger partial charge in [-0.25, -0.2) is 0 Å². The number of carbonyl (C=O) groups excluding carboxylic acids is 2. The molecule has 1 aromatic heterocycles. The van der Waals surface area contributed by atoms with Gasteiger partial charge in [0.2, 0.25) is 0 Å². The van der Waals surface area contributed by atoms with Crippen LogP contribution in [-0.4, -0.2) is 23.8 Å². The van der Waals surface area contributed by atoms with Gasteiger partial charge in [0, 0.05) is 39.3 Å². The number of thiophene rings is 1. The predicted octanol–water partition coefficient (Wildman–Crippen LogP) is 5.64. The topological polar surface area (TPSA) is 49.4 Å². The van der Waals surface area contributed by atoms with Crippen molar-refractivity contribution in [1.82, 2.24) is 4.90 Å². The molecule has 1 aliphatic heterocycles. The highest BCUT2D eigenvalue weighted by Crippen LogP contribution is 2.42. The van der Waals surface area contributed by atoms with E-state index < -0.39 is 0 Å². The van der Waals surface area contributed by atoms with Gasteiger partial charge in [0.1, 0.15) is 0 Å². The monoisotopic (exact) mass is 412 g/mol. The molecule has 0 saturated heterocycles. The van der Waals surface area contributed by atoms with Crippen LogP contribution in [0.25, 0.3) is 10.1 Å². The summed E-state index contributed by atoms with van der Waals surface area (Å²) in [6.45, 7) is 2.05. The lowest BCUT2D eigenvalue weighted by atomic mass is 9.93. The first kappa shape index (κ1) is 18.6. The molecule has 4 nitrogen and oxygen atoms in total. The van der Waals surface area contributed by atoms with Gasteiger partial charge in [-0.05, 0) is 36.2 Å². The van der Waals surface area contributed by atoms with Crippen molar-refractivity contribution in [2.75, 3.05) is 12.4 Å². The molecular weight excluding hydrogens is 392 g/mol. The van der Waals surface area contributed by atoms with Gasteiger partial charge in [-0.15, -0.1) is 11.3 Å². The summed E-state index contributed by atoms with van der Waals surface area (Å²) in [5.41, 5.74) is 5.00. The van der Waals surface area contributed by atoms with Crippen LogP contribution in [0, 0.1) is 6.92 Å². The third-order valence-corrected chi connectivity index (χ3v) is 6.74. The van der Waals surface area contributed by atoms with Crippen LogP contribution in [0.15, 0.2) is 72.1 Å². The predicted molar refractivity (Wildman–Crippen MR) is 121 cm³/mol. The Kier molecular flexibility index (Phi) is 4.40. The van der Waals surface area contributed by atoms with E-state index in [0.29, 0.717) is 16.8 Å². The van der Waals surface area contributed by atoms with Crippen molar-refractivity contribution >= 4 is 38.9 Å². The summed E-state index contributed by atoms with van der Waals surface area (Å²) in [4.78, 5) is 27.9. The third-order valence-electron chi connectivity index (χ3n) is 5.77. The highest BCUT2D eigenvalue weighted by atomic mass is 32.1. The summed E-state index contributed by atoms with van der Waals surface area (Å²) in [6.07, 6.45) is 0. The number of fused-ring (bicyclic) bond motifs is 2. The lowest BCUT2D eigenvalue weighted by Crippen LogP contribution is -2.24. The molecule has 4 aromatic rings. The summed E-state index contributed by atoms with van der Waals surface area (Å²) in [5.74, 6) is -0.193. The zero-order valence-corrected chi connectivity index (χ0v) is 17.5. The number of carbonyl (C=O) groups is 2. The molecular formula is C25H20N2O2S. The SMILES string of the molecule is Cc1ccccc1C1c2c(NC(=O)c3csc4ccccc34)cccc2C(=O)N1C. The van der Waals surface area contributed by atoms with E-state index in [0.717, 1.165) is 26.8 Å². The van der Waals surface area contributed by atoms with Crippen LogP contribution in [0.3, 0.4) is 0 Å². The van der Waals surface area contributed by atoms with E-state index in [9.17, 15) is 9.59 Å². The molecule has 0 fully saturated rings. The van der Waals surface area contributed by atoms with E-state index in [1.165, 1.54) is 0 Å². The second kappa shape index (κ2) is 7.11. The summed E-state index contributed by atoms with van der Waals surface area (Å²) in [6, 6.07) is 21.3. The number of rotatable bonds is 3. The molecule has 2 heterocycles. The van der Waals surface area contributed by atoms with E-state index in [2.05, 4.69) is 5.32 Å². The number of anilines is 1. The van der Waals surface area contributed by atoms with Gasteiger partial charge in [0.05, 0.1) is 11.6 Å². The zero-order chi connectivity index (χ0) is 20.8. The van der Waals surface area contributed by atoms with Gasteiger partial charge in [-0.3, -0.25) is 9.59 Å². The Morgan fingerprint density at radius 3 is 2.60 bits per heavy atom. The van der Waals surface area contributed by atoms with E-state index in [-0.39, 0.29) is 17.9 Å². The molecule has 30 heavy (non-hydrogen) atoms. The molecule has 5 rings (SSSR count). The average Bonchev–Trinajstić information content (AvgIpc) is 3.29. The van der Waals surface area contributed by atoms with Crippen molar-refractivity contribution in [2.24, 2.45) is 0 Å². The summed E-state index contributed by atoms with van der Waals surface area (Å²) < 4.78 is 1.08. The maximum absolute atomic E-state index is 13.2. The molecule has 0 spiro atoms. The third kappa shape index (κ3) is 2.82. The Bertz CT molecular complexity index is 1310. The first-order valence-corrected chi connectivity index (χ1v) is 10.7. The first-order valence-electron chi connectivity index (χ1n) is 9.79. The van der Waals surface area contributed by atoms with Gasteiger partial charge < -0.3 is 10.2 Å². The van der Waals surface area contributed by atoms with Crippen LogP contribution in [-0.2, 0) is 0 Å². The van der Waals surface area contributed by atoms with Gasteiger partial charge in [-0.2, -0.15) is 0 Å². The molecule has 1 unspecified atom stereocenters. The molecule has 2 amide bonds. The Morgan fingerprint density at radius 2 is 1.77 bits per heavy atom. The van der Waals surface area contributed by atoms with Gasteiger partial charge in [-0.1, -0.05) is 48.5 Å². The van der Waals surface area contributed by atoms with Crippen LogP contribution in [0.4, 0.5) is 5.69 Å².